The van der Waals surface area contributed by atoms with Crippen molar-refractivity contribution >= 4 is 17.5 Å². The van der Waals surface area contributed by atoms with E-state index in [-0.39, 0.29) is 5.91 Å². The number of methoxy groups -OCH3 is 1. The molecule has 4 nitrogen and oxygen atoms in total. The van der Waals surface area contributed by atoms with Gasteiger partial charge in [0.25, 0.3) is 5.91 Å². The van der Waals surface area contributed by atoms with Crippen LogP contribution in [0, 0.1) is 0 Å². The molecule has 0 spiro atoms. The molecule has 1 aromatic carbocycles. The minimum atomic E-state index is -0.289. The number of carbonyl (C=O) groups is 1. The van der Waals surface area contributed by atoms with Crippen molar-refractivity contribution in [1.29, 1.82) is 0 Å². The first-order valence-electron chi connectivity index (χ1n) is 4.84. The molecule has 0 atom stereocenters. The minimum absolute atomic E-state index is 0.289. The molecule has 0 saturated heterocycles. The van der Waals surface area contributed by atoms with Gasteiger partial charge in [-0.3, -0.25) is 9.63 Å². The van der Waals surface area contributed by atoms with Gasteiger partial charge in [-0.1, -0.05) is 12.1 Å². The van der Waals surface area contributed by atoms with Crippen molar-refractivity contribution in [3.05, 3.63) is 35.4 Å². The van der Waals surface area contributed by atoms with Crippen LogP contribution in [0.4, 0.5) is 0 Å². The van der Waals surface area contributed by atoms with Crippen molar-refractivity contribution in [2.75, 3.05) is 20.3 Å². The standard InChI is InChI=1S/C11H14ClNO3/c1-15-5-6-16-13-11(14)10-4-2-3-9(7-10)8-12/h2-4,7H,5-6,8H2,1H3,(H,13,14). The van der Waals surface area contributed by atoms with E-state index in [2.05, 4.69) is 5.48 Å². The molecule has 1 rings (SSSR count). The predicted molar refractivity (Wildman–Crippen MR) is 61.3 cm³/mol. The molecule has 5 heteroatoms. The third-order valence-electron chi connectivity index (χ3n) is 1.90. The number of rotatable bonds is 6. The first-order chi connectivity index (χ1) is 7.77. The monoisotopic (exact) mass is 243 g/mol. The summed E-state index contributed by atoms with van der Waals surface area (Å²) in [4.78, 5) is 16.5. The summed E-state index contributed by atoms with van der Waals surface area (Å²) in [5, 5.41) is 0. The number of ether oxygens (including phenoxy) is 1. The van der Waals surface area contributed by atoms with Gasteiger partial charge in [-0.15, -0.1) is 11.6 Å². The lowest BCUT2D eigenvalue weighted by atomic mass is 10.1. The lowest BCUT2D eigenvalue weighted by Gasteiger charge is -2.06. The van der Waals surface area contributed by atoms with E-state index < -0.39 is 0 Å². The van der Waals surface area contributed by atoms with Crippen LogP contribution in [-0.2, 0) is 15.5 Å². The molecule has 0 aromatic heterocycles. The zero-order valence-electron chi connectivity index (χ0n) is 9.03. The summed E-state index contributed by atoms with van der Waals surface area (Å²) < 4.78 is 4.77. The van der Waals surface area contributed by atoms with Gasteiger partial charge in [-0.25, -0.2) is 5.48 Å². The minimum Gasteiger partial charge on any atom is -0.382 e. The van der Waals surface area contributed by atoms with Crippen LogP contribution in [0.15, 0.2) is 24.3 Å². The van der Waals surface area contributed by atoms with E-state index in [0.29, 0.717) is 24.7 Å². The summed E-state index contributed by atoms with van der Waals surface area (Å²) in [6.45, 7) is 0.749. The molecule has 0 unspecified atom stereocenters. The van der Waals surface area contributed by atoms with Crippen LogP contribution in [0.5, 0.6) is 0 Å². The summed E-state index contributed by atoms with van der Waals surface area (Å²) in [7, 11) is 1.56. The third kappa shape index (κ3) is 4.18. The fourth-order valence-corrected chi connectivity index (χ4v) is 1.26. The van der Waals surface area contributed by atoms with Crippen molar-refractivity contribution in [1.82, 2.24) is 5.48 Å². The fraction of sp³-hybridized carbons (Fsp3) is 0.364. The number of nitrogens with one attached hydrogen (secondary N) is 1. The van der Waals surface area contributed by atoms with Crippen LogP contribution in [0.1, 0.15) is 15.9 Å². The number of amides is 1. The van der Waals surface area contributed by atoms with Gasteiger partial charge in [0.05, 0.1) is 13.2 Å². The maximum atomic E-state index is 11.6. The highest BCUT2D eigenvalue weighted by Crippen LogP contribution is 2.07. The maximum Gasteiger partial charge on any atom is 0.274 e. The Balaban J connectivity index is 2.46. The van der Waals surface area contributed by atoms with E-state index in [4.69, 9.17) is 21.2 Å². The van der Waals surface area contributed by atoms with Crippen LogP contribution < -0.4 is 5.48 Å². The summed E-state index contributed by atoms with van der Waals surface area (Å²) in [6, 6.07) is 7.06. The van der Waals surface area contributed by atoms with Crippen LogP contribution in [0.25, 0.3) is 0 Å². The molecule has 0 fully saturated rings. The van der Waals surface area contributed by atoms with Crippen LogP contribution in [0.2, 0.25) is 0 Å². The van der Waals surface area contributed by atoms with Crippen molar-refractivity contribution in [2.24, 2.45) is 0 Å². The van der Waals surface area contributed by atoms with E-state index in [0.717, 1.165) is 5.56 Å². The molecule has 0 bridgehead atoms. The zero-order chi connectivity index (χ0) is 11.8. The molecule has 0 aliphatic rings. The highest BCUT2D eigenvalue weighted by atomic mass is 35.5. The second-order valence-electron chi connectivity index (χ2n) is 3.11. The summed E-state index contributed by atoms with van der Waals surface area (Å²) in [6.07, 6.45) is 0. The van der Waals surface area contributed by atoms with Gasteiger partial charge in [0.1, 0.15) is 0 Å². The van der Waals surface area contributed by atoms with E-state index in [1.807, 2.05) is 6.07 Å². The number of carbonyl (C=O) groups excluding carboxylic acids is 1. The smallest absolute Gasteiger partial charge is 0.274 e. The van der Waals surface area contributed by atoms with Gasteiger partial charge >= 0.3 is 0 Å². The Kier molecular flexibility index (Phi) is 5.85. The summed E-state index contributed by atoms with van der Waals surface area (Å²) >= 11 is 5.67. The normalized spacial score (nSPS) is 10.1. The lowest BCUT2D eigenvalue weighted by molar-refractivity contribution is 0.00888. The zero-order valence-corrected chi connectivity index (χ0v) is 9.79. The SMILES string of the molecule is COCCONC(=O)c1cccc(CCl)c1. The largest absolute Gasteiger partial charge is 0.382 e. The highest BCUT2D eigenvalue weighted by molar-refractivity contribution is 6.17. The number of alkyl halides is 1. The second-order valence-corrected chi connectivity index (χ2v) is 3.37. The van der Waals surface area contributed by atoms with Crippen LogP contribution >= 0.6 is 11.6 Å². The number of benzene rings is 1. The Morgan fingerprint density at radius 2 is 2.25 bits per heavy atom. The average Bonchev–Trinajstić information content (AvgIpc) is 2.34. The molecule has 0 saturated carbocycles. The van der Waals surface area contributed by atoms with Gasteiger partial charge in [-0.05, 0) is 17.7 Å². The van der Waals surface area contributed by atoms with Gasteiger partial charge < -0.3 is 4.74 Å². The van der Waals surface area contributed by atoms with Crippen LogP contribution in [-0.4, -0.2) is 26.2 Å². The highest BCUT2D eigenvalue weighted by Gasteiger charge is 2.05. The Morgan fingerprint density at radius 1 is 1.44 bits per heavy atom. The fourth-order valence-electron chi connectivity index (χ4n) is 1.10. The number of hydrogen-bond acceptors (Lipinski definition) is 3. The molecule has 0 heterocycles. The number of halogens is 1. The summed E-state index contributed by atoms with van der Waals surface area (Å²) in [5.41, 5.74) is 3.74. The van der Waals surface area contributed by atoms with Crippen molar-refractivity contribution in [3.8, 4) is 0 Å². The molecule has 1 amide bonds. The quantitative estimate of drug-likeness (QED) is 0.470. The number of hydroxylamine groups is 1. The molecule has 0 aliphatic heterocycles. The van der Waals surface area contributed by atoms with Crippen molar-refractivity contribution in [2.45, 2.75) is 5.88 Å². The average molecular weight is 244 g/mol. The Bertz CT molecular complexity index is 344. The van der Waals surface area contributed by atoms with E-state index in [9.17, 15) is 4.79 Å². The van der Waals surface area contributed by atoms with Crippen molar-refractivity contribution in [3.63, 3.8) is 0 Å². The maximum absolute atomic E-state index is 11.6. The van der Waals surface area contributed by atoms with Crippen molar-refractivity contribution < 1.29 is 14.4 Å². The molecule has 0 aliphatic carbocycles. The molecule has 1 aromatic rings. The predicted octanol–water partition coefficient (Wildman–Crippen LogP) is 1.73. The first kappa shape index (κ1) is 13.0. The molecular formula is C11H14ClNO3. The topological polar surface area (TPSA) is 47.6 Å². The van der Waals surface area contributed by atoms with E-state index in [1.165, 1.54) is 0 Å². The second kappa shape index (κ2) is 7.22. The summed E-state index contributed by atoms with van der Waals surface area (Å²) in [5.74, 6) is 0.0918. The number of hydrogen-bond donors (Lipinski definition) is 1. The van der Waals surface area contributed by atoms with E-state index >= 15 is 0 Å². The molecule has 16 heavy (non-hydrogen) atoms. The van der Waals surface area contributed by atoms with Crippen LogP contribution in [0.3, 0.4) is 0 Å². The third-order valence-corrected chi connectivity index (χ3v) is 2.21. The van der Waals surface area contributed by atoms with Gasteiger partial charge in [0.15, 0.2) is 0 Å². The van der Waals surface area contributed by atoms with E-state index in [1.54, 1.807) is 25.3 Å². The molecule has 0 radical (unpaired) electrons. The first-order valence-corrected chi connectivity index (χ1v) is 5.37. The molecule has 1 N–H and O–H groups in total. The Morgan fingerprint density at radius 3 is 2.94 bits per heavy atom. The Hall–Kier alpha value is -1.10. The molecular weight excluding hydrogens is 230 g/mol. The lowest BCUT2D eigenvalue weighted by Crippen LogP contribution is -2.25. The molecule has 88 valence electrons. The Labute approximate surface area is 99.5 Å². The van der Waals surface area contributed by atoms with Gasteiger partial charge in [-0.2, -0.15) is 0 Å². The van der Waals surface area contributed by atoms with Gasteiger partial charge in [0.2, 0.25) is 0 Å². The van der Waals surface area contributed by atoms with Gasteiger partial charge in [0, 0.05) is 18.6 Å².